The van der Waals surface area contributed by atoms with Gasteiger partial charge in [0.1, 0.15) is 0 Å². The molecule has 4 rings (SSSR count). The first-order valence-corrected chi connectivity index (χ1v) is 10.9. The first-order chi connectivity index (χ1) is 14.9. The summed E-state index contributed by atoms with van der Waals surface area (Å²) in [6, 6.07) is 15.9. The average molecular weight is 478 g/mol. The normalized spacial score (nSPS) is 11.0. The summed E-state index contributed by atoms with van der Waals surface area (Å²) in [6.45, 7) is 7.32. The summed E-state index contributed by atoms with van der Waals surface area (Å²) in [5.41, 5.74) is 6.69. The molecule has 0 bridgehead atoms. The predicted molar refractivity (Wildman–Crippen MR) is 125 cm³/mol. The number of aryl methyl sites for hydroxylation is 2. The molecule has 158 valence electrons. The number of carbonyl (C=O) groups excluding carboxylic acids is 1. The van der Waals surface area contributed by atoms with Crippen molar-refractivity contribution < 1.29 is 4.79 Å². The highest BCUT2D eigenvalue weighted by atomic mass is 79.9. The van der Waals surface area contributed by atoms with E-state index in [0.717, 1.165) is 27.0 Å². The SMILES string of the molecule is Cc1ccc(Cn2cc(NC(=O)c3cccc(Cn4nc(C)c(Br)c4C)c3)cn2)cc1. The standard InChI is InChI=1S/C24H24BrN5O/c1-16-7-9-19(10-8-16)13-29-15-22(12-26-29)27-24(31)21-6-4-5-20(11-21)14-30-18(3)23(25)17(2)28-30/h4-12,15H,13-14H2,1-3H3,(H,27,31). The van der Waals surface area contributed by atoms with Crippen molar-refractivity contribution in [3.8, 4) is 0 Å². The molecule has 0 aliphatic heterocycles. The quantitative estimate of drug-likeness (QED) is 0.419. The van der Waals surface area contributed by atoms with Crippen LogP contribution in [0, 0.1) is 20.8 Å². The lowest BCUT2D eigenvalue weighted by Gasteiger charge is -2.08. The fourth-order valence-electron chi connectivity index (χ4n) is 3.41. The van der Waals surface area contributed by atoms with Crippen molar-refractivity contribution in [2.24, 2.45) is 0 Å². The maximum absolute atomic E-state index is 12.8. The van der Waals surface area contributed by atoms with Gasteiger partial charge in [0.15, 0.2) is 0 Å². The lowest BCUT2D eigenvalue weighted by atomic mass is 10.1. The summed E-state index contributed by atoms with van der Waals surface area (Å²) < 4.78 is 4.77. The summed E-state index contributed by atoms with van der Waals surface area (Å²) in [5.74, 6) is -0.161. The molecule has 0 radical (unpaired) electrons. The Morgan fingerprint density at radius 3 is 2.52 bits per heavy atom. The van der Waals surface area contributed by atoms with Crippen LogP contribution in [0.25, 0.3) is 0 Å². The molecule has 0 atom stereocenters. The second-order valence-electron chi connectivity index (χ2n) is 7.71. The van der Waals surface area contributed by atoms with Crippen LogP contribution in [0.5, 0.6) is 0 Å². The Kier molecular flexibility index (Phi) is 6.04. The van der Waals surface area contributed by atoms with Crippen molar-refractivity contribution >= 4 is 27.5 Å². The van der Waals surface area contributed by atoms with Gasteiger partial charge in [-0.05, 0) is 60.0 Å². The lowest BCUT2D eigenvalue weighted by molar-refractivity contribution is 0.102. The van der Waals surface area contributed by atoms with Gasteiger partial charge in [-0.3, -0.25) is 14.2 Å². The Morgan fingerprint density at radius 1 is 1.03 bits per heavy atom. The van der Waals surface area contributed by atoms with E-state index in [0.29, 0.717) is 24.3 Å². The minimum absolute atomic E-state index is 0.161. The number of nitrogens with zero attached hydrogens (tertiary/aromatic N) is 4. The zero-order chi connectivity index (χ0) is 22.0. The Labute approximate surface area is 190 Å². The van der Waals surface area contributed by atoms with Crippen LogP contribution >= 0.6 is 15.9 Å². The molecule has 0 aliphatic carbocycles. The molecule has 6 nitrogen and oxygen atoms in total. The van der Waals surface area contributed by atoms with E-state index in [4.69, 9.17) is 0 Å². The van der Waals surface area contributed by atoms with E-state index >= 15 is 0 Å². The number of benzene rings is 2. The van der Waals surface area contributed by atoms with Crippen molar-refractivity contribution in [3.63, 3.8) is 0 Å². The number of halogens is 1. The van der Waals surface area contributed by atoms with E-state index in [1.807, 2.05) is 53.7 Å². The van der Waals surface area contributed by atoms with Gasteiger partial charge in [0.05, 0.1) is 40.8 Å². The average Bonchev–Trinajstić information content (AvgIpc) is 3.29. The Bertz CT molecular complexity index is 1220. The predicted octanol–water partition coefficient (Wildman–Crippen LogP) is 5.12. The van der Waals surface area contributed by atoms with Gasteiger partial charge in [-0.2, -0.15) is 10.2 Å². The molecule has 0 aliphatic rings. The lowest BCUT2D eigenvalue weighted by Crippen LogP contribution is -2.12. The zero-order valence-electron chi connectivity index (χ0n) is 17.8. The molecule has 1 amide bonds. The second-order valence-corrected chi connectivity index (χ2v) is 8.50. The number of rotatable bonds is 6. The fourth-order valence-corrected chi connectivity index (χ4v) is 3.70. The van der Waals surface area contributed by atoms with Gasteiger partial charge in [0, 0.05) is 11.8 Å². The highest BCUT2D eigenvalue weighted by molar-refractivity contribution is 9.10. The van der Waals surface area contributed by atoms with Crippen molar-refractivity contribution in [2.45, 2.75) is 33.9 Å². The third-order valence-electron chi connectivity index (χ3n) is 5.17. The Hall–Kier alpha value is -3.19. The van der Waals surface area contributed by atoms with Crippen LogP contribution in [0.2, 0.25) is 0 Å². The number of amides is 1. The summed E-state index contributed by atoms with van der Waals surface area (Å²) in [5, 5.41) is 11.8. The topological polar surface area (TPSA) is 64.7 Å². The molecule has 0 spiro atoms. The molecular formula is C24H24BrN5O. The maximum Gasteiger partial charge on any atom is 0.255 e. The van der Waals surface area contributed by atoms with Gasteiger partial charge < -0.3 is 5.32 Å². The van der Waals surface area contributed by atoms with Crippen LogP contribution in [0.3, 0.4) is 0 Å². The van der Waals surface area contributed by atoms with Crippen LogP contribution in [0.15, 0.2) is 65.4 Å². The number of aromatic nitrogens is 4. The molecule has 2 heterocycles. The van der Waals surface area contributed by atoms with Crippen LogP contribution in [0.4, 0.5) is 5.69 Å². The number of nitrogens with one attached hydrogen (secondary N) is 1. The third kappa shape index (κ3) is 4.94. The Balaban J connectivity index is 1.43. The largest absolute Gasteiger partial charge is 0.319 e. The van der Waals surface area contributed by atoms with Crippen LogP contribution < -0.4 is 5.32 Å². The highest BCUT2D eigenvalue weighted by Gasteiger charge is 2.12. The molecule has 31 heavy (non-hydrogen) atoms. The molecular weight excluding hydrogens is 454 g/mol. The maximum atomic E-state index is 12.8. The van der Waals surface area contributed by atoms with Crippen molar-refractivity contribution in [2.75, 3.05) is 5.32 Å². The first kappa shape index (κ1) is 21.1. The molecule has 1 N–H and O–H groups in total. The molecule has 0 fully saturated rings. The summed E-state index contributed by atoms with van der Waals surface area (Å²) in [7, 11) is 0. The number of anilines is 1. The van der Waals surface area contributed by atoms with E-state index in [1.54, 1.807) is 6.20 Å². The van der Waals surface area contributed by atoms with Crippen molar-refractivity contribution in [1.29, 1.82) is 0 Å². The number of hydrogen-bond donors (Lipinski definition) is 1. The third-order valence-corrected chi connectivity index (χ3v) is 6.32. The van der Waals surface area contributed by atoms with Gasteiger partial charge in [0.2, 0.25) is 0 Å². The van der Waals surface area contributed by atoms with Gasteiger partial charge in [0.25, 0.3) is 5.91 Å². The van der Waals surface area contributed by atoms with Crippen molar-refractivity contribution in [3.05, 3.63) is 99.0 Å². The summed E-state index contributed by atoms with van der Waals surface area (Å²) in [6.07, 6.45) is 3.51. The van der Waals surface area contributed by atoms with E-state index in [1.165, 1.54) is 5.56 Å². The van der Waals surface area contributed by atoms with Crippen LogP contribution in [-0.2, 0) is 13.1 Å². The van der Waals surface area contributed by atoms with Gasteiger partial charge >= 0.3 is 0 Å². The smallest absolute Gasteiger partial charge is 0.255 e. The number of carbonyl (C=O) groups is 1. The van der Waals surface area contributed by atoms with Gasteiger partial charge in [-0.15, -0.1) is 0 Å². The van der Waals surface area contributed by atoms with Crippen LogP contribution in [0.1, 0.15) is 38.4 Å². The van der Waals surface area contributed by atoms with E-state index in [-0.39, 0.29) is 5.91 Å². The zero-order valence-corrected chi connectivity index (χ0v) is 19.3. The molecule has 4 aromatic rings. The van der Waals surface area contributed by atoms with Gasteiger partial charge in [-0.25, -0.2) is 0 Å². The minimum atomic E-state index is -0.161. The molecule has 7 heteroatoms. The second kappa shape index (κ2) is 8.89. The summed E-state index contributed by atoms with van der Waals surface area (Å²) >= 11 is 3.56. The minimum Gasteiger partial charge on any atom is -0.319 e. The Morgan fingerprint density at radius 2 is 1.81 bits per heavy atom. The van der Waals surface area contributed by atoms with Crippen LogP contribution in [-0.4, -0.2) is 25.5 Å². The van der Waals surface area contributed by atoms with E-state index in [9.17, 15) is 4.79 Å². The van der Waals surface area contributed by atoms with E-state index < -0.39 is 0 Å². The molecule has 2 aromatic carbocycles. The number of hydrogen-bond acceptors (Lipinski definition) is 3. The molecule has 2 aromatic heterocycles. The van der Waals surface area contributed by atoms with Crippen molar-refractivity contribution in [1.82, 2.24) is 19.6 Å². The fraction of sp³-hybridized carbons (Fsp3) is 0.208. The van der Waals surface area contributed by atoms with Gasteiger partial charge in [-0.1, -0.05) is 42.0 Å². The van der Waals surface area contributed by atoms with E-state index in [2.05, 4.69) is 62.6 Å². The monoisotopic (exact) mass is 477 g/mol. The highest BCUT2D eigenvalue weighted by Crippen LogP contribution is 2.21. The molecule has 0 saturated carbocycles. The summed E-state index contributed by atoms with van der Waals surface area (Å²) in [4.78, 5) is 12.8. The molecule has 0 unspecified atom stereocenters. The first-order valence-electron chi connectivity index (χ1n) is 10.1. The molecule has 0 saturated heterocycles.